The first-order valence-electron chi connectivity index (χ1n) is 6.18. The van der Waals surface area contributed by atoms with E-state index in [0.29, 0.717) is 5.69 Å². The van der Waals surface area contributed by atoms with E-state index in [9.17, 15) is 10.1 Å². The molecule has 0 aliphatic carbocycles. The third-order valence-electron chi connectivity index (χ3n) is 3.10. The minimum atomic E-state index is -0.392. The van der Waals surface area contributed by atoms with Gasteiger partial charge in [-0.15, -0.1) is 0 Å². The maximum absolute atomic E-state index is 11.0. The van der Waals surface area contributed by atoms with Gasteiger partial charge < -0.3 is 10.1 Å². The molecule has 2 aromatic carbocycles. The normalized spacial score (nSPS) is 10.2. The fourth-order valence-electron chi connectivity index (χ4n) is 2.11. The number of anilines is 2. The summed E-state index contributed by atoms with van der Waals surface area (Å²) < 4.78 is 5.21. The monoisotopic (exact) mass is 272 g/mol. The van der Waals surface area contributed by atoms with Crippen molar-refractivity contribution in [2.45, 2.75) is 13.8 Å². The molecular formula is C15H16N2O3. The average Bonchev–Trinajstić information content (AvgIpc) is 2.42. The molecule has 2 aromatic rings. The lowest BCUT2D eigenvalue weighted by atomic mass is 10.1. The van der Waals surface area contributed by atoms with Crippen LogP contribution < -0.4 is 10.1 Å². The van der Waals surface area contributed by atoms with Gasteiger partial charge in [-0.3, -0.25) is 10.1 Å². The quantitative estimate of drug-likeness (QED) is 0.675. The number of nitrogens with one attached hydrogen (secondary N) is 1. The predicted octanol–water partition coefficient (Wildman–Crippen LogP) is 3.96. The van der Waals surface area contributed by atoms with E-state index in [1.807, 2.05) is 26.0 Å². The van der Waals surface area contributed by atoms with Crippen molar-refractivity contribution in [3.05, 3.63) is 57.6 Å². The first kappa shape index (κ1) is 13.9. The number of hydrogen-bond donors (Lipinski definition) is 1. The first-order valence-corrected chi connectivity index (χ1v) is 6.18. The molecule has 1 N–H and O–H groups in total. The van der Waals surface area contributed by atoms with E-state index in [1.165, 1.54) is 6.07 Å². The molecule has 0 saturated carbocycles. The average molecular weight is 272 g/mol. The third-order valence-corrected chi connectivity index (χ3v) is 3.10. The summed E-state index contributed by atoms with van der Waals surface area (Å²) in [6.07, 6.45) is 0. The van der Waals surface area contributed by atoms with Crippen LogP contribution >= 0.6 is 0 Å². The molecule has 0 fully saturated rings. The van der Waals surface area contributed by atoms with Crippen molar-refractivity contribution < 1.29 is 9.66 Å². The molecule has 0 unspecified atom stereocenters. The van der Waals surface area contributed by atoms with Crippen LogP contribution in [0.2, 0.25) is 0 Å². The number of para-hydroxylation sites is 2. The molecule has 0 aromatic heterocycles. The van der Waals surface area contributed by atoms with Gasteiger partial charge in [0.15, 0.2) is 0 Å². The number of nitro benzene ring substituents is 1. The molecule has 0 aliphatic heterocycles. The lowest BCUT2D eigenvalue weighted by Crippen LogP contribution is -2.00. The van der Waals surface area contributed by atoms with Crippen LogP contribution in [-0.4, -0.2) is 12.0 Å². The highest BCUT2D eigenvalue weighted by Gasteiger charge is 2.14. The van der Waals surface area contributed by atoms with Gasteiger partial charge in [0.1, 0.15) is 11.4 Å². The number of rotatable bonds is 4. The van der Waals surface area contributed by atoms with Crippen LogP contribution in [0.25, 0.3) is 0 Å². The Labute approximate surface area is 117 Å². The molecule has 104 valence electrons. The Bertz CT molecular complexity index is 630. The maximum atomic E-state index is 11.0. The van der Waals surface area contributed by atoms with Crippen molar-refractivity contribution in [2.75, 3.05) is 12.4 Å². The predicted molar refractivity (Wildman–Crippen MR) is 78.8 cm³/mol. The van der Waals surface area contributed by atoms with Gasteiger partial charge in [-0.25, -0.2) is 0 Å². The smallest absolute Gasteiger partial charge is 0.292 e. The lowest BCUT2D eigenvalue weighted by molar-refractivity contribution is -0.383. The molecule has 2 rings (SSSR count). The van der Waals surface area contributed by atoms with Crippen LogP contribution in [0, 0.1) is 24.0 Å². The number of benzene rings is 2. The van der Waals surface area contributed by atoms with Crippen molar-refractivity contribution in [3.63, 3.8) is 0 Å². The summed E-state index contributed by atoms with van der Waals surface area (Å²) in [5.41, 5.74) is 3.34. The molecule has 0 spiro atoms. The number of methoxy groups -OCH3 is 1. The van der Waals surface area contributed by atoms with Gasteiger partial charge in [0, 0.05) is 11.8 Å². The zero-order chi connectivity index (χ0) is 14.7. The highest BCUT2D eigenvalue weighted by molar-refractivity contribution is 5.73. The van der Waals surface area contributed by atoms with Crippen LogP contribution in [-0.2, 0) is 0 Å². The summed E-state index contributed by atoms with van der Waals surface area (Å²) in [6.45, 7) is 3.87. The van der Waals surface area contributed by atoms with Gasteiger partial charge in [0.05, 0.1) is 12.0 Å². The SMILES string of the molecule is COc1cc(C)c(Nc2ccccc2[N+](=O)[O-])c(C)c1. The van der Waals surface area contributed by atoms with Crippen LogP contribution in [0.1, 0.15) is 11.1 Å². The van der Waals surface area contributed by atoms with Crippen molar-refractivity contribution in [1.29, 1.82) is 0 Å². The Morgan fingerprint density at radius 2 is 1.75 bits per heavy atom. The number of hydrogen-bond acceptors (Lipinski definition) is 4. The van der Waals surface area contributed by atoms with Gasteiger partial charge in [-0.05, 0) is 43.2 Å². The summed E-state index contributed by atoms with van der Waals surface area (Å²) in [5, 5.41) is 14.2. The lowest BCUT2D eigenvalue weighted by Gasteiger charge is -2.14. The summed E-state index contributed by atoms with van der Waals surface area (Å²) in [6, 6.07) is 10.4. The number of nitrogens with zero attached hydrogens (tertiary/aromatic N) is 1. The molecule has 0 aliphatic rings. The summed E-state index contributed by atoms with van der Waals surface area (Å²) in [5.74, 6) is 0.771. The first-order chi connectivity index (χ1) is 9.52. The Balaban J connectivity index is 2.43. The molecule has 5 heteroatoms. The molecular weight excluding hydrogens is 256 g/mol. The topological polar surface area (TPSA) is 64.4 Å². The summed E-state index contributed by atoms with van der Waals surface area (Å²) in [7, 11) is 1.61. The van der Waals surface area contributed by atoms with Gasteiger partial charge in [0.25, 0.3) is 5.69 Å². The highest BCUT2D eigenvalue weighted by atomic mass is 16.6. The van der Waals surface area contributed by atoms with E-state index in [4.69, 9.17) is 4.74 Å². The zero-order valence-corrected chi connectivity index (χ0v) is 11.6. The Kier molecular flexibility index (Phi) is 3.89. The molecule has 0 atom stereocenters. The molecule has 5 nitrogen and oxygen atoms in total. The third kappa shape index (κ3) is 2.71. The molecule has 0 heterocycles. The van der Waals surface area contributed by atoms with E-state index < -0.39 is 4.92 Å². The second-order valence-corrected chi connectivity index (χ2v) is 4.54. The second kappa shape index (κ2) is 5.61. The number of aryl methyl sites for hydroxylation is 2. The van der Waals surface area contributed by atoms with E-state index >= 15 is 0 Å². The molecule has 0 radical (unpaired) electrons. The van der Waals surface area contributed by atoms with Gasteiger partial charge in [-0.1, -0.05) is 12.1 Å². The fourth-order valence-corrected chi connectivity index (χ4v) is 2.11. The van der Waals surface area contributed by atoms with Crippen LogP contribution in [0.4, 0.5) is 17.1 Å². The van der Waals surface area contributed by atoms with Crippen molar-refractivity contribution in [1.82, 2.24) is 0 Å². The maximum Gasteiger partial charge on any atom is 0.292 e. The fraction of sp³-hybridized carbons (Fsp3) is 0.200. The molecule has 0 bridgehead atoms. The second-order valence-electron chi connectivity index (χ2n) is 4.54. The largest absolute Gasteiger partial charge is 0.497 e. The highest BCUT2D eigenvalue weighted by Crippen LogP contribution is 2.32. The van der Waals surface area contributed by atoms with Gasteiger partial charge >= 0.3 is 0 Å². The van der Waals surface area contributed by atoms with Gasteiger partial charge in [-0.2, -0.15) is 0 Å². The Hall–Kier alpha value is -2.56. The van der Waals surface area contributed by atoms with E-state index in [2.05, 4.69) is 5.32 Å². The summed E-state index contributed by atoms with van der Waals surface area (Å²) in [4.78, 5) is 10.6. The van der Waals surface area contributed by atoms with Crippen molar-refractivity contribution in [3.8, 4) is 5.75 Å². The van der Waals surface area contributed by atoms with E-state index in [-0.39, 0.29) is 5.69 Å². The van der Waals surface area contributed by atoms with Crippen LogP contribution in [0.5, 0.6) is 5.75 Å². The minimum Gasteiger partial charge on any atom is -0.497 e. The van der Waals surface area contributed by atoms with E-state index in [1.54, 1.807) is 25.3 Å². The van der Waals surface area contributed by atoms with Crippen LogP contribution in [0.15, 0.2) is 36.4 Å². The zero-order valence-electron chi connectivity index (χ0n) is 11.6. The summed E-state index contributed by atoms with van der Waals surface area (Å²) >= 11 is 0. The van der Waals surface area contributed by atoms with Crippen LogP contribution in [0.3, 0.4) is 0 Å². The molecule has 0 saturated heterocycles. The number of nitro groups is 1. The van der Waals surface area contributed by atoms with E-state index in [0.717, 1.165) is 22.6 Å². The Morgan fingerprint density at radius 3 is 2.30 bits per heavy atom. The van der Waals surface area contributed by atoms with Gasteiger partial charge in [0.2, 0.25) is 0 Å². The van der Waals surface area contributed by atoms with Crippen molar-refractivity contribution in [2.24, 2.45) is 0 Å². The molecule has 0 amide bonds. The standard InChI is InChI=1S/C15H16N2O3/c1-10-8-12(20-3)9-11(2)15(10)16-13-6-4-5-7-14(13)17(18)19/h4-9,16H,1-3H3. The Morgan fingerprint density at radius 1 is 1.15 bits per heavy atom. The van der Waals surface area contributed by atoms with Crippen molar-refractivity contribution >= 4 is 17.1 Å². The number of ether oxygens (including phenoxy) is 1. The molecule has 20 heavy (non-hydrogen) atoms. The minimum absolute atomic E-state index is 0.0575.